The van der Waals surface area contributed by atoms with Gasteiger partial charge in [0.05, 0.1) is 0 Å². The fourth-order valence-corrected chi connectivity index (χ4v) is 30.1. The summed E-state index contributed by atoms with van der Waals surface area (Å²) in [6.07, 6.45) is 0. The first-order chi connectivity index (χ1) is 2.79. The molecule has 0 aromatic rings. The Morgan fingerprint density at radius 2 is 2.00 bits per heavy atom. The second kappa shape index (κ2) is 1.16. The van der Waals surface area contributed by atoms with E-state index in [1.165, 1.54) is 0 Å². The Hall–Kier alpha value is 1.71. The van der Waals surface area contributed by atoms with Gasteiger partial charge < -0.3 is 0 Å². The summed E-state index contributed by atoms with van der Waals surface area (Å²) in [6, 6.07) is 0. The van der Waals surface area contributed by atoms with Crippen LogP contribution in [0.1, 0.15) is 0 Å². The summed E-state index contributed by atoms with van der Waals surface area (Å²) in [4.78, 5) is 0. The molecule has 0 saturated carbocycles. The molecule has 6 heavy (non-hydrogen) atoms. The van der Waals surface area contributed by atoms with E-state index < -0.39 is 37.9 Å². The molecular formula is O3SSb2. The van der Waals surface area contributed by atoms with Crippen LogP contribution in [0.2, 0.25) is 0 Å². The van der Waals surface area contributed by atoms with E-state index in [9.17, 15) is 3.02 Å². The predicted octanol–water partition coefficient (Wildman–Crippen LogP) is -0.369. The maximum atomic E-state index is 10.4. The maximum absolute atomic E-state index is 10.4. The van der Waals surface area contributed by atoms with Crippen LogP contribution >= 0.6 is 5.94 Å². The molecule has 0 aromatic heterocycles. The first kappa shape index (κ1) is 4.57. The van der Waals surface area contributed by atoms with E-state index >= 15 is 0 Å². The van der Waals surface area contributed by atoms with Crippen molar-refractivity contribution in [3.63, 3.8) is 0 Å². The monoisotopic (exact) mass is 322 g/mol. The van der Waals surface area contributed by atoms with E-state index in [1.807, 2.05) is 0 Å². The summed E-state index contributed by atoms with van der Waals surface area (Å²) in [5.41, 5.74) is 0. The van der Waals surface area contributed by atoms with E-state index in [0.717, 1.165) is 0 Å². The minimum atomic E-state index is -3.07. The van der Waals surface area contributed by atoms with Gasteiger partial charge in [-0.1, -0.05) is 0 Å². The van der Waals surface area contributed by atoms with Crippen LogP contribution in [0.3, 0.4) is 0 Å². The van der Waals surface area contributed by atoms with Crippen LogP contribution in [0.15, 0.2) is 0 Å². The Morgan fingerprint density at radius 1 is 1.67 bits per heavy atom. The zero-order valence-electron chi connectivity index (χ0n) is 2.53. The zero-order chi connectivity index (χ0) is 4.20. The van der Waals surface area contributed by atoms with E-state index in [2.05, 4.69) is 0 Å². The zero-order valence-corrected chi connectivity index (χ0v) is 8.45. The van der Waals surface area contributed by atoms with Crippen molar-refractivity contribution < 1.29 is 5.61 Å². The van der Waals surface area contributed by atoms with Crippen molar-refractivity contribution in [2.45, 2.75) is 0 Å². The fourth-order valence-electron chi connectivity index (χ4n) is 0.263. The Kier molecular flexibility index (Phi) is 0.886. The first-order valence-electron chi connectivity index (χ1n) is 1.28. The molecule has 6 heteroatoms. The van der Waals surface area contributed by atoms with Gasteiger partial charge in [-0.25, -0.2) is 0 Å². The van der Waals surface area contributed by atoms with Crippen molar-refractivity contribution in [3.8, 4) is 0 Å². The second-order valence-corrected chi connectivity index (χ2v) is 27.9. The average Bonchev–Trinajstić information content (AvgIpc) is 1.24. The summed E-state index contributed by atoms with van der Waals surface area (Å²) in [7, 11) is 0. The molecule has 0 spiro atoms. The quantitative estimate of drug-likeness (QED) is 0.570. The molecule has 0 radical (unpaired) electrons. The Morgan fingerprint density at radius 3 is 2.00 bits per heavy atom. The average molecular weight is 324 g/mol. The number of hydrogen-bond donors (Lipinski definition) is 0. The topological polar surface area (TPSA) is 35.5 Å². The van der Waals surface area contributed by atoms with Crippen LogP contribution in [0, 0.1) is 0 Å². The van der Waals surface area contributed by atoms with Crippen molar-refractivity contribution in [2.75, 3.05) is 0 Å². The summed E-state index contributed by atoms with van der Waals surface area (Å²) >= 11 is -4.62. The van der Waals surface area contributed by atoms with Crippen molar-refractivity contribution in [1.82, 2.24) is 0 Å². The molecular weight excluding hydrogens is 324 g/mol. The van der Waals surface area contributed by atoms with E-state index in [4.69, 9.17) is 2.59 Å². The van der Waals surface area contributed by atoms with Crippen molar-refractivity contribution >= 4 is 43.8 Å². The normalized spacial score (nSPS) is 37.3. The number of rotatable bonds is 0. The van der Waals surface area contributed by atoms with Gasteiger partial charge in [0.25, 0.3) is 0 Å². The summed E-state index contributed by atoms with van der Waals surface area (Å²) < 4.78 is 20.0. The van der Waals surface area contributed by atoms with Gasteiger partial charge in [-0.15, -0.1) is 0 Å². The fraction of sp³-hybridized carbons (Fsp3) is 0. The van der Waals surface area contributed by atoms with E-state index in [1.54, 1.807) is 5.94 Å². The summed E-state index contributed by atoms with van der Waals surface area (Å²) in [5, 5.41) is 0. The molecule has 3 saturated heterocycles. The third-order valence-corrected chi connectivity index (χ3v) is 49.5. The number of hydrogen-bond acceptors (Lipinski definition) is 4. The second-order valence-electron chi connectivity index (χ2n) is 0.916. The van der Waals surface area contributed by atoms with Crippen molar-refractivity contribution in [3.05, 3.63) is 0 Å². The Balaban J connectivity index is 2.39. The molecule has 3 aliphatic heterocycles. The van der Waals surface area contributed by atoms with Gasteiger partial charge >= 0.3 is 49.4 Å². The van der Waals surface area contributed by atoms with Crippen LogP contribution in [0.5, 0.6) is 0 Å². The molecule has 2 bridgehead atoms. The third kappa shape index (κ3) is 0.453. The van der Waals surface area contributed by atoms with Crippen LogP contribution < -0.4 is 0 Å². The molecule has 0 unspecified atom stereocenters. The van der Waals surface area contributed by atoms with Gasteiger partial charge in [0.2, 0.25) is 0 Å². The molecule has 0 aliphatic carbocycles. The summed E-state index contributed by atoms with van der Waals surface area (Å²) in [6.45, 7) is 0. The SMILES string of the molecule is [O]=[Sb]12[O][Sb]([O]1)[S]2. The molecule has 3 rings (SSSR count). The Bertz CT molecular complexity index is 107. The van der Waals surface area contributed by atoms with Crippen molar-refractivity contribution in [1.29, 1.82) is 0 Å². The Labute approximate surface area is 48.8 Å². The minimum absolute atomic E-state index is 1.54. The van der Waals surface area contributed by atoms with Gasteiger partial charge in [-0.05, 0) is 0 Å². The molecule has 3 aliphatic rings. The van der Waals surface area contributed by atoms with E-state index in [-0.39, 0.29) is 0 Å². The molecule has 0 amide bonds. The molecule has 3 nitrogen and oxygen atoms in total. The van der Waals surface area contributed by atoms with Crippen LogP contribution in [-0.4, -0.2) is 37.9 Å². The van der Waals surface area contributed by atoms with E-state index in [0.29, 0.717) is 0 Å². The molecule has 0 N–H and O–H groups in total. The molecule has 3 heterocycles. The predicted molar refractivity (Wildman–Crippen MR) is 22.0 cm³/mol. The summed E-state index contributed by atoms with van der Waals surface area (Å²) in [5.74, 6) is 1.54. The van der Waals surface area contributed by atoms with Crippen LogP contribution in [-0.2, 0) is 5.61 Å². The standard InChI is InChI=1S/3O.S.2Sb. The first-order valence-corrected chi connectivity index (χ1v) is 13.5. The van der Waals surface area contributed by atoms with Gasteiger partial charge in [-0.2, -0.15) is 0 Å². The third-order valence-electron chi connectivity index (χ3n) is 0.500. The van der Waals surface area contributed by atoms with Crippen LogP contribution in [0.4, 0.5) is 0 Å². The molecule has 34 valence electrons. The molecule has 0 aromatic carbocycles. The van der Waals surface area contributed by atoms with Gasteiger partial charge in [-0.3, -0.25) is 0 Å². The van der Waals surface area contributed by atoms with Gasteiger partial charge in [0.1, 0.15) is 0 Å². The van der Waals surface area contributed by atoms with Gasteiger partial charge in [0.15, 0.2) is 0 Å². The van der Waals surface area contributed by atoms with Crippen LogP contribution in [0.25, 0.3) is 0 Å². The molecule has 3 fully saturated rings. The molecule has 0 atom stereocenters. The van der Waals surface area contributed by atoms with Crippen molar-refractivity contribution in [2.24, 2.45) is 0 Å². The van der Waals surface area contributed by atoms with Gasteiger partial charge in [0, 0.05) is 0 Å².